The molecule has 2 fully saturated rings. The van der Waals surface area contributed by atoms with Crippen LogP contribution in [0, 0.1) is 0 Å². The van der Waals surface area contributed by atoms with E-state index >= 15 is 0 Å². The van der Waals surface area contributed by atoms with E-state index in [-0.39, 0.29) is 73.7 Å². The second-order valence-corrected chi connectivity index (χ2v) is 19.4. The number of nitrogens with zero attached hydrogens (tertiary/aromatic N) is 1. The van der Waals surface area contributed by atoms with Gasteiger partial charge in [0.25, 0.3) is 0 Å². The first-order valence-corrected chi connectivity index (χ1v) is 24.5. The summed E-state index contributed by atoms with van der Waals surface area (Å²) in [7, 11) is -3.33. The molecule has 0 aromatic carbocycles. The number of quaternary nitrogens is 1. The van der Waals surface area contributed by atoms with Crippen LogP contribution in [0.1, 0.15) is 129 Å². The molecule has 2 rings (SSSR count). The van der Waals surface area contributed by atoms with Crippen LogP contribution in [0.2, 0.25) is 0 Å². The Balaban J connectivity index is 0.0000186. The van der Waals surface area contributed by atoms with Crippen LogP contribution in [0.15, 0.2) is 12.2 Å². The van der Waals surface area contributed by atoms with Crippen molar-refractivity contribution in [1.82, 2.24) is 0 Å². The quantitative estimate of drug-likeness (QED) is 0.0115. The average Bonchev–Trinajstić information content (AvgIpc) is 3.45. The molecule has 0 aromatic rings. The van der Waals surface area contributed by atoms with E-state index in [4.69, 9.17) is 38.5 Å². The minimum atomic E-state index is -4.73. The minimum absolute atomic E-state index is 0. The number of hydrogen-bond donors (Lipinski definition) is 3. The summed E-state index contributed by atoms with van der Waals surface area (Å²) in [5, 5.41) is 9.99. The fraction of sp³-hybridized carbons (Fsp3) is 0.900. The largest absolute Gasteiger partial charge is 1.00 e. The van der Waals surface area contributed by atoms with Gasteiger partial charge in [-0.2, -0.15) is 13.9 Å². The number of aliphatic hydroxyl groups excluding tert-OH is 1. The molecule has 21 heteroatoms. The van der Waals surface area contributed by atoms with Gasteiger partial charge in [-0.25, -0.2) is 13.2 Å². The Labute approximate surface area is 387 Å². The molecule has 7 atom stereocenters. The van der Waals surface area contributed by atoms with E-state index in [1.54, 1.807) is 6.08 Å². The molecule has 2 aliphatic heterocycles. The number of carbonyl (C=O) groups is 2. The molecule has 2 bridgehead atoms. The van der Waals surface area contributed by atoms with Crippen molar-refractivity contribution < 1.29 is 108 Å². The van der Waals surface area contributed by atoms with Crippen LogP contribution in [0.25, 0.3) is 0 Å². The van der Waals surface area contributed by atoms with Gasteiger partial charge in [0.15, 0.2) is 5.79 Å². The van der Waals surface area contributed by atoms with Crippen molar-refractivity contribution >= 4 is 30.5 Å². The molecule has 2 heterocycles. The number of phosphoric acid groups is 1. The normalized spacial score (nSPS) is 22.4. The number of allylic oxidation sites excluding steroid dienone is 1. The van der Waals surface area contributed by atoms with Gasteiger partial charge in [0.2, 0.25) is 10.4 Å². The molecule has 2 unspecified atom stereocenters. The van der Waals surface area contributed by atoms with Crippen LogP contribution >= 0.6 is 8.17 Å². The molecule has 18 nitrogen and oxygen atoms in total. The zero-order valence-electron chi connectivity index (χ0n) is 37.4. The van der Waals surface area contributed by atoms with Gasteiger partial charge in [-0.15, -0.1) is 0 Å². The van der Waals surface area contributed by atoms with Crippen LogP contribution in [-0.2, 0) is 56.9 Å². The van der Waals surface area contributed by atoms with E-state index in [0.29, 0.717) is 36.9 Å². The van der Waals surface area contributed by atoms with Crippen molar-refractivity contribution in [3.63, 3.8) is 0 Å². The van der Waals surface area contributed by atoms with Gasteiger partial charge >= 0.3 is 49.7 Å². The van der Waals surface area contributed by atoms with Crippen LogP contribution in [0.4, 0.5) is 0 Å². The molecule has 61 heavy (non-hydrogen) atoms. The molecule has 0 amide bonds. The van der Waals surface area contributed by atoms with Crippen LogP contribution in [0.3, 0.4) is 0 Å². The van der Waals surface area contributed by atoms with E-state index in [1.807, 2.05) is 21.1 Å². The van der Waals surface area contributed by atoms with Crippen molar-refractivity contribution in [2.45, 2.75) is 165 Å². The Morgan fingerprint density at radius 2 is 1.52 bits per heavy atom. The third kappa shape index (κ3) is 29.7. The summed E-state index contributed by atoms with van der Waals surface area (Å²) in [6.45, 7) is 1.30. The number of esters is 2. The third-order valence-electron chi connectivity index (χ3n) is 10.2. The van der Waals surface area contributed by atoms with Gasteiger partial charge < -0.3 is 48.5 Å². The predicted molar refractivity (Wildman–Crippen MR) is 220 cm³/mol. The summed E-state index contributed by atoms with van der Waals surface area (Å²) in [6, 6.07) is -0.655. The summed E-state index contributed by atoms with van der Waals surface area (Å²) >= 11 is 0. The van der Waals surface area contributed by atoms with Crippen molar-refractivity contribution in [2.24, 2.45) is 5.73 Å². The number of phosphoric ester groups is 1. The van der Waals surface area contributed by atoms with E-state index in [9.17, 15) is 37.5 Å². The van der Waals surface area contributed by atoms with Gasteiger partial charge in [0.1, 0.15) is 44.7 Å². The summed E-state index contributed by atoms with van der Waals surface area (Å²) < 4.78 is 74.9. The number of fused-ring (bicyclic) bond motifs is 2. The van der Waals surface area contributed by atoms with Crippen molar-refractivity contribution in [1.29, 1.82) is 0 Å². The third-order valence-corrected chi connectivity index (χ3v) is 11.6. The topological polar surface area (TPSA) is 255 Å². The summed E-state index contributed by atoms with van der Waals surface area (Å²) in [6.07, 6.45) is 19.6. The molecular weight excluding hydrogens is 850 g/mol. The van der Waals surface area contributed by atoms with Gasteiger partial charge in [-0.3, -0.25) is 8.98 Å². The summed E-state index contributed by atoms with van der Waals surface area (Å²) in [5.41, 5.74) is 5.66. The number of nitrogens with two attached hydrogens (primary N) is 1. The smallest absolute Gasteiger partial charge is 0.726 e. The number of hydrogen-bond acceptors (Lipinski definition) is 17. The monoisotopic (exact) mass is 925 g/mol. The number of aliphatic hydroxyl groups is 1. The summed E-state index contributed by atoms with van der Waals surface area (Å²) in [5.74, 6) is -1.58. The van der Waals surface area contributed by atoms with E-state index in [1.165, 1.54) is 45.1 Å². The number of ether oxygens (including phenoxy) is 5. The molecule has 0 radical (unpaired) electrons. The van der Waals surface area contributed by atoms with E-state index in [2.05, 4.69) is 4.18 Å². The van der Waals surface area contributed by atoms with Gasteiger partial charge in [-0.1, -0.05) is 76.7 Å². The molecule has 4 N–H and O–H groups in total. The molecule has 0 saturated carbocycles. The van der Waals surface area contributed by atoms with Crippen LogP contribution < -0.4 is 40.2 Å². The standard InChI is InChI=1S/C40H75N2O16PS.Na/c1-33(43)56-36-23-25-40(24-19-15-10-8-6-5-7-9-11-16-20-27-51-29-34(41)30-55-60(48,49)50)57-37(39(36)58-40)21-17-13-12-14-18-22-38(45)52-31-35(44)32-54-59(46,47)53-28-26-42(2,3)4;/h18,22,34-37,39,44H,5-17,19-21,23-32,41H2,1-4H3,(H-,46,47,48,49,50);/q;+1/b22-18+;/t34?,35-,36-,37-,39+,40+;/m1./s1. The molecule has 0 aromatic heterocycles. The zero-order valence-corrected chi connectivity index (χ0v) is 41.1. The van der Waals surface area contributed by atoms with Crippen molar-refractivity contribution in [2.75, 3.05) is 67.3 Å². The minimum Gasteiger partial charge on any atom is -0.726 e. The van der Waals surface area contributed by atoms with Gasteiger partial charge in [0, 0.05) is 32.4 Å². The van der Waals surface area contributed by atoms with E-state index in [0.717, 1.165) is 70.6 Å². The average molecular weight is 926 g/mol. The van der Waals surface area contributed by atoms with Crippen molar-refractivity contribution in [3.05, 3.63) is 12.2 Å². The fourth-order valence-electron chi connectivity index (χ4n) is 6.99. The first kappa shape index (κ1) is 58.6. The molecule has 2 aliphatic rings. The molecular formula is C40H75N2NaO16PS+. The maximum absolute atomic E-state index is 12.1. The zero-order chi connectivity index (χ0) is 44.5. The SMILES string of the molecule is CC(=O)O[C@@H]1CC[C@]2(CCCCCCCCCCCCCOCC(N)COS(=O)(=O)[O-])O[C@@H]1[C@@H](CCCCC/C=C/C(=O)OC[C@@H](O)CO[P+]([O-])(O)OCC[N+](C)(C)C)O2.[Na+]. The van der Waals surface area contributed by atoms with Gasteiger partial charge in [-0.05, 0) is 38.5 Å². The van der Waals surface area contributed by atoms with Crippen molar-refractivity contribution in [3.8, 4) is 0 Å². The fourth-order valence-corrected chi connectivity index (χ4v) is 8.08. The number of likely N-dealkylation sites (N-methyl/N-ethyl adjacent to an activating group) is 1. The predicted octanol–water partition coefficient (Wildman–Crippen LogP) is 0.879. The van der Waals surface area contributed by atoms with Crippen LogP contribution in [-0.4, -0.2) is 143 Å². The molecule has 0 spiro atoms. The number of rotatable bonds is 36. The van der Waals surface area contributed by atoms with Crippen LogP contribution in [0.5, 0.6) is 0 Å². The first-order valence-electron chi connectivity index (χ1n) is 21.7. The van der Waals surface area contributed by atoms with Gasteiger partial charge in [0.05, 0.1) is 46.5 Å². The van der Waals surface area contributed by atoms with E-state index < -0.39 is 55.7 Å². The Bertz CT molecular complexity index is 1340. The summed E-state index contributed by atoms with van der Waals surface area (Å²) in [4.78, 5) is 45.6. The Morgan fingerprint density at radius 3 is 2.15 bits per heavy atom. The molecule has 2 saturated heterocycles. The first-order chi connectivity index (χ1) is 28.3. The second-order valence-electron chi connectivity index (χ2n) is 16.9. The maximum atomic E-state index is 12.1. The number of unbranched alkanes of at least 4 members (excludes halogenated alkanes) is 13. The number of carbonyl (C=O) groups excluding carboxylic acids is 2. The maximum Gasteiger partial charge on any atom is 1.00 e. The Hall–Kier alpha value is -0.420. The Morgan fingerprint density at radius 1 is 0.902 bits per heavy atom. The second kappa shape index (κ2) is 31.5. The molecule has 352 valence electrons. The molecule has 0 aliphatic carbocycles. The Kier molecular flexibility index (Phi) is 30.2.